The van der Waals surface area contributed by atoms with Crippen LogP contribution in [0, 0.1) is 11.8 Å². The molecule has 2 rings (SSSR count). The maximum absolute atomic E-state index is 12.1. The summed E-state index contributed by atoms with van der Waals surface area (Å²) in [6.45, 7) is 6.89. The first kappa shape index (κ1) is 13.1. The van der Waals surface area contributed by atoms with Crippen LogP contribution in [0.25, 0.3) is 0 Å². The van der Waals surface area contributed by atoms with Gasteiger partial charge in [0, 0.05) is 24.9 Å². The smallest absolute Gasteiger partial charge is 0.137 e. The third-order valence-electron chi connectivity index (χ3n) is 4.57. The minimum Gasteiger partial charge on any atom is -0.299 e. The van der Waals surface area contributed by atoms with Crippen LogP contribution in [0.3, 0.4) is 0 Å². The molecule has 0 amide bonds. The second-order valence-corrected chi connectivity index (χ2v) is 6.21. The second-order valence-electron chi connectivity index (χ2n) is 6.21. The van der Waals surface area contributed by atoms with E-state index in [9.17, 15) is 4.79 Å². The maximum Gasteiger partial charge on any atom is 0.137 e. The Labute approximate surface area is 106 Å². The Morgan fingerprint density at radius 3 is 2.76 bits per heavy atom. The van der Waals surface area contributed by atoms with Crippen LogP contribution < -0.4 is 0 Å². The van der Waals surface area contributed by atoms with Gasteiger partial charge in [0.1, 0.15) is 5.78 Å². The molecule has 2 heteroatoms. The van der Waals surface area contributed by atoms with Crippen molar-refractivity contribution in [2.45, 2.75) is 64.8 Å². The van der Waals surface area contributed by atoms with E-state index >= 15 is 0 Å². The molecule has 1 heterocycles. The minimum absolute atomic E-state index is 0.344. The monoisotopic (exact) mass is 237 g/mol. The van der Waals surface area contributed by atoms with Crippen LogP contribution in [0.5, 0.6) is 0 Å². The third-order valence-corrected chi connectivity index (χ3v) is 4.57. The highest BCUT2D eigenvalue weighted by Gasteiger charge is 2.31. The Balaban J connectivity index is 1.92. The quantitative estimate of drug-likeness (QED) is 0.702. The van der Waals surface area contributed by atoms with Gasteiger partial charge in [-0.15, -0.1) is 0 Å². The van der Waals surface area contributed by atoms with Gasteiger partial charge in [-0.05, 0) is 38.1 Å². The van der Waals surface area contributed by atoms with Gasteiger partial charge < -0.3 is 0 Å². The van der Waals surface area contributed by atoms with Crippen LogP contribution in [0.2, 0.25) is 0 Å². The molecule has 1 saturated heterocycles. The number of hydrogen-bond acceptors (Lipinski definition) is 2. The highest BCUT2D eigenvalue weighted by atomic mass is 16.1. The summed E-state index contributed by atoms with van der Waals surface area (Å²) >= 11 is 0. The van der Waals surface area contributed by atoms with Gasteiger partial charge in [-0.1, -0.05) is 26.7 Å². The lowest BCUT2D eigenvalue weighted by atomic mass is 9.96. The van der Waals surface area contributed by atoms with Gasteiger partial charge in [-0.3, -0.25) is 9.69 Å². The zero-order valence-corrected chi connectivity index (χ0v) is 11.5. The van der Waals surface area contributed by atoms with E-state index in [1.807, 2.05) is 0 Å². The van der Waals surface area contributed by atoms with Crippen molar-refractivity contribution < 1.29 is 4.79 Å². The first-order valence-electron chi connectivity index (χ1n) is 7.45. The highest BCUT2D eigenvalue weighted by Crippen LogP contribution is 2.27. The average Bonchev–Trinajstić information content (AvgIpc) is 2.66. The van der Waals surface area contributed by atoms with Gasteiger partial charge in [0.2, 0.25) is 0 Å². The summed E-state index contributed by atoms with van der Waals surface area (Å²) in [5.41, 5.74) is 0. The van der Waals surface area contributed by atoms with Crippen molar-refractivity contribution in [3.05, 3.63) is 0 Å². The molecule has 0 aromatic heterocycles. The molecule has 2 atom stereocenters. The molecular weight excluding hydrogens is 210 g/mol. The van der Waals surface area contributed by atoms with Gasteiger partial charge >= 0.3 is 0 Å². The largest absolute Gasteiger partial charge is 0.299 e. The molecule has 98 valence electrons. The van der Waals surface area contributed by atoms with Crippen molar-refractivity contribution in [3.8, 4) is 0 Å². The van der Waals surface area contributed by atoms with Crippen LogP contribution in [0.15, 0.2) is 0 Å². The van der Waals surface area contributed by atoms with E-state index in [4.69, 9.17) is 0 Å². The third kappa shape index (κ3) is 3.31. The molecule has 0 N–H and O–H groups in total. The lowest BCUT2D eigenvalue weighted by Gasteiger charge is -2.30. The van der Waals surface area contributed by atoms with Crippen molar-refractivity contribution >= 4 is 5.78 Å². The first-order valence-corrected chi connectivity index (χ1v) is 7.45. The Morgan fingerprint density at radius 1 is 1.18 bits per heavy atom. The predicted octanol–water partition coefficient (Wildman–Crippen LogP) is 3.26. The maximum atomic E-state index is 12.1. The van der Waals surface area contributed by atoms with Crippen molar-refractivity contribution in [2.24, 2.45) is 11.8 Å². The predicted molar refractivity (Wildman–Crippen MR) is 71.0 cm³/mol. The normalized spacial score (nSPS) is 32.1. The van der Waals surface area contributed by atoms with Crippen LogP contribution in [0.1, 0.15) is 58.8 Å². The lowest BCUT2D eigenvalue weighted by molar-refractivity contribution is -0.123. The molecule has 2 fully saturated rings. The summed E-state index contributed by atoms with van der Waals surface area (Å²) in [7, 11) is 0. The summed E-state index contributed by atoms with van der Waals surface area (Å²) < 4.78 is 0. The Kier molecular flexibility index (Phi) is 4.61. The molecule has 0 aromatic rings. The van der Waals surface area contributed by atoms with Crippen molar-refractivity contribution in [3.63, 3.8) is 0 Å². The summed E-state index contributed by atoms with van der Waals surface area (Å²) in [6, 6.07) is 0.728. The Bertz CT molecular complexity index is 262. The number of hydrogen-bond donors (Lipinski definition) is 0. The fraction of sp³-hybridized carbons (Fsp3) is 0.933. The van der Waals surface area contributed by atoms with Crippen molar-refractivity contribution in [1.82, 2.24) is 4.90 Å². The van der Waals surface area contributed by atoms with Crippen LogP contribution in [-0.2, 0) is 4.79 Å². The standard InChI is InChI=1S/C15H27NO/c1-12(2)14-8-6-10-16(14)11-13-7-4-3-5-9-15(13)17/h12-14H,3-11H2,1-2H3. The van der Waals surface area contributed by atoms with Gasteiger partial charge in [0.05, 0.1) is 0 Å². The van der Waals surface area contributed by atoms with E-state index in [1.54, 1.807) is 0 Å². The van der Waals surface area contributed by atoms with E-state index in [0.29, 0.717) is 11.7 Å². The molecule has 2 aliphatic rings. The minimum atomic E-state index is 0.344. The lowest BCUT2D eigenvalue weighted by Crippen LogP contribution is -2.38. The first-order chi connectivity index (χ1) is 8.18. The van der Waals surface area contributed by atoms with Gasteiger partial charge in [0.25, 0.3) is 0 Å². The second kappa shape index (κ2) is 5.99. The van der Waals surface area contributed by atoms with Crippen LogP contribution in [-0.4, -0.2) is 29.8 Å². The zero-order valence-electron chi connectivity index (χ0n) is 11.5. The molecule has 1 aliphatic heterocycles. The molecule has 0 radical (unpaired) electrons. The molecule has 17 heavy (non-hydrogen) atoms. The Morgan fingerprint density at radius 2 is 2.00 bits per heavy atom. The topological polar surface area (TPSA) is 20.3 Å². The number of ketones is 1. The summed E-state index contributed by atoms with van der Waals surface area (Å²) in [5, 5.41) is 0. The number of carbonyl (C=O) groups excluding carboxylic acids is 1. The molecular formula is C15H27NO. The fourth-order valence-corrected chi connectivity index (χ4v) is 3.54. The van der Waals surface area contributed by atoms with E-state index in [0.717, 1.165) is 37.8 Å². The van der Waals surface area contributed by atoms with E-state index in [2.05, 4.69) is 18.7 Å². The molecule has 1 saturated carbocycles. The SMILES string of the molecule is CC(C)C1CCCN1CC1CCCCCC1=O. The molecule has 0 bridgehead atoms. The number of rotatable bonds is 3. The van der Waals surface area contributed by atoms with E-state index < -0.39 is 0 Å². The number of likely N-dealkylation sites (tertiary alicyclic amines) is 1. The summed E-state index contributed by atoms with van der Waals surface area (Å²) in [5.74, 6) is 1.62. The number of Topliss-reactive ketones (excluding diaryl/α,β-unsaturated/α-hetero) is 1. The van der Waals surface area contributed by atoms with Crippen molar-refractivity contribution in [2.75, 3.05) is 13.1 Å². The molecule has 2 unspecified atom stereocenters. The molecule has 0 spiro atoms. The van der Waals surface area contributed by atoms with Gasteiger partial charge in [-0.2, -0.15) is 0 Å². The van der Waals surface area contributed by atoms with Crippen molar-refractivity contribution in [1.29, 1.82) is 0 Å². The molecule has 0 aromatic carbocycles. The van der Waals surface area contributed by atoms with Crippen LogP contribution >= 0.6 is 0 Å². The van der Waals surface area contributed by atoms with Gasteiger partial charge in [0.15, 0.2) is 0 Å². The highest BCUT2D eigenvalue weighted by molar-refractivity contribution is 5.81. The summed E-state index contributed by atoms with van der Waals surface area (Å²) in [6.07, 6.45) is 8.28. The van der Waals surface area contributed by atoms with Gasteiger partial charge in [-0.25, -0.2) is 0 Å². The number of nitrogens with zero attached hydrogens (tertiary/aromatic N) is 1. The number of carbonyl (C=O) groups is 1. The van der Waals surface area contributed by atoms with Crippen LogP contribution in [0.4, 0.5) is 0 Å². The fourth-order valence-electron chi connectivity index (χ4n) is 3.54. The average molecular weight is 237 g/mol. The summed E-state index contributed by atoms with van der Waals surface area (Å²) in [4.78, 5) is 14.6. The Hall–Kier alpha value is -0.370. The van der Waals surface area contributed by atoms with E-state index in [1.165, 1.54) is 32.2 Å². The zero-order chi connectivity index (χ0) is 12.3. The molecule has 1 aliphatic carbocycles. The van der Waals surface area contributed by atoms with E-state index in [-0.39, 0.29) is 0 Å². The molecule has 2 nitrogen and oxygen atoms in total.